The van der Waals surface area contributed by atoms with Crippen molar-refractivity contribution in [1.29, 1.82) is 0 Å². The molecule has 1 N–H and O–H groups in total. The van der Waals surface area contributed by atoms with Crippen LogP contribution in [0, 0.1) is 5.92 Å². The molecule has 2 nitrogen and oxygen atoms in total. The third-order valence-corrected chi connectivity index (χ3v) is 2.10. The maximum atomic E-state index is 10.4. The summed E-state index contributed by atoms with van der Waals surface area (Å²) in [5.41, 5.74) is 0.961. The summed E-state index contributed by atoms with van der Waals surface area (Å²) in [5, 5.41) is 9.46. The Morgan fingerprint density at radius 2 is 2.31 bits per heavy atom. The predicted octanol–water partition coefficient (Wildman–Crippen LogP) is 2.42. The fraction of sp³-hybridized carbons (Fsp3) is 0.300. The zero-order valence-corrected chi connectivity index (χ0v) is 8.08. The third-order valence-electron chi connectivity index (χ3n) is 1.80. The lowest BCUT2D eigenvalue weighted by atomic mass is 10.0. The van der Waals surface area contributed by atoms with Crippen LogP contribution in [0.2, 0.25) is 5.02 Å². The van der Waals surface area contributed by atoms with Crippen LogP contribution in [-0.4, -0.2) is 11.4 Å². The fourth-order valence-electron chi connectivity index (χ4n) is 1.10. The molecule has 0 aliphatic carbocycles. The normalized spacial score (nSPS) is 12.5. The molecule has 0 saturated carbocycles. The molecule has 1 atom stereocenters. The van der Waals surface area contributed by atoms with E-state index >= 15 is 0 Å². The molecular formula is C10H11ClO2. The number of aromatic hydroxyl groups is 1. The Balaban J connectivity index is 2.79. The fourth-order valence-corrected chi connectivity index (χ4v) is 1.30. The van der Waals surface area contributed by atoms with Crippen molar-refractivity contribution in [3.05, 3.63) is 28.8 Å². The summed E-state index contributed by atoms with van der Waals surface area (Å²) in [6.45, 7) is 1.84. The van der Waals surface area contributed by atoms with E-state index in [1.807, 2.05) is 6.92 Å². The Hall–Kier alpha value is -1.02. The summed E-state index contributed by atoms with van der Waals surface area (Å²) in [7, 11) is 0. The highest BCUT2D eigenvalue weighted by Crippen LogP contribution is 2.24. The van der Waals surface area contributed by atoms with Gasteiger partial charge in [0.2, 0.25) is 0 Å². The molecule has 0 saturated heterocycles. The molecule has 0 aromatic heterocycles. The second-order valence-electron chi connectivity index (χ2n) is 3.10. The Kier molecular flexibility index (Phi) is 3.32. The smallest absolute Gasteiger partial charge is 0.134 e. The zero-order valence-electron chi connectivity index (χ0n) is 7.33. The van der Waals surface area contributed by atoms with Crippen LogP contribution in [0.5, 0.6) is 5.75 Å². The highest BCUT2D eigenvalue weighted by Gasteiger charge is 2.04. The highest BCUT2D eigenvalue weighted by molar-refractivity contribution is 6.32. The van der Waals surface area contributed by atoms with Crippen molar-refractivity contribution in [1.82, 2.24) is 0 Å². The Morgan fingerprint density at radius 3 is 2.85 bits per heavy atom. The molecule has 1 aromatic carbocycles. The number of phenolic OH excluding ortho intramolecular Hbond substituents is 1. The van der Waals surface area contributed by atoms with Crippen LogP contribution >= 0.6 is 11.6 Å². The van der Waals surface area contributed by atoms with E-state index < -0.39 is 0 Å². The summed E-state index contributed by atoms with van der Waals surface area (Å²) < 4.78 is 0. The number of hydrogen-bond acceptors (Lipinski definition) is 2. The van der Waals surface area contributed by atoms with Gasteiger partial charge in [0.1, 0.15) is 12.0 Å². The summed E-state index contributed by atoms with van der Waals surface area (Å²) in [5.74, 6) is 0.0600. The van der Waals surface area contributed by atoms with Gasteiger partial charge in [-0.15, -0.1) is 0 Å². The maximum Gasteiger partial charge on any atom is 0.134 e. The van der Waals surface area contributed by atoms with Gasteiger partial charge in [-0.1, -0.05) is 24.6 Å². The van der Waals surface area contributed by atoms with Crippen molar-refractivity contribution >= 4 is 17.9 Å². The lowest BCUT2D eigenvalue weighted by Gasteiger charge is -2.04. The average molecular weight is 199 g/mol. The quantitative estimate of drug-likeness (QED) is 0.758. The van der Waals surface area contributed by atoms with Gasteiger partial charge in [0.05, 0.1) is 5.02 Å². The van der Waals surface area contributed by atoms with E-state index in [2.05, 4.69) is 0 Å². The third kappa shape index (κ3) is 2.74. The first-order chi connectivity index (χ1) is 6.13. The maximum absolute atomic E-state index is 10.4. The van der Waals surface area contributed by atoms with Gasteiger partial charge in [0.15, 0.2) is 0 Å². The van der Waals surface area contributed by atoms with Crippen molar-refractivity contribution in [2.45, 2.75) is 13.3 Å². The molecule has 1 unspecified atom stereocenters. The van der Waals surface area contributed by atoms with Gasteiger partial charge >= 0.3 is 0 Å². The van der Waals surface area contributed by atoms with Crippen LogP contribution in [-0.2, 0) is 11.2 Å². The number of rotatable bonds is 3. The molecule has 0 amide bonds. The minimum Gasteiger partial charge on any atom is -0.506 e. The largest absolute Gasteiger partial charge is 0.506 e. The number of carbonyl (C=O) groups is 1. The number of halogens is 1. The molecule has 1 rings (SSSR count). The average Bonchev–Trinajstić information content (AvgIpc) is 2.11. The summed E-state index contributed by atoms with van der Waals surface area (Å²) in [6.07, 6.45) is 1.56. The first kappa shape index (κ1) is 10.1. The van der Waals surface area contributed by atoms with E-state index in [1.165, 1.54) is 6.07 Å². The van der Waals surface area contributed by atoms with Gasteiger partial charge in [-0.2, -0.15) is 0 Å². The number of benzene rings is 1. The summed E-state index contributed by atoms with van der Waals surface area (Å²) in [4.78, 5) is 10.4. The molecule has 0 fully saturated rings. The minimum absolute atomic E-state index is 0.0133. The SMILES string of the molecule is CC(C=O)Cc1ccc(O)c(Cl)c1. The van der Waals surface area contributed by atoms with Gasteiger partial charge < -0.3 is 9.90 Å². The second-order valence-corrected chi connectivity index (χ2v) is 3.51. The Labute approximate surface area is 82.2 Å². The first-order valence-electron chi connectivity index (χ1n) is 4.06. The molecule has 0 heterocycles. The molecule has 0 bridgehead atoms. The first-order valence-corrected chi connectivity index (χ1v) is 4.44. The van der Waals surface area contributed by atoms with E-state index in [9.17, 15) is 4.79 Å². The van der Waals surface area contributed by atoms with Gasteiger partial charge in [0.25, 0.3) is 0 Å². The topological polar surface area (TPSA) is 37.3 Å². The molecule has 0 radical (unpaired) electrons. The van der Waals surface area contributed by atoms with Crippen LogP contribution in [0.15, 0.2) is 18.2 Å². The van der Waals surface area contributed by atoms with E-state index in [0.717, 1.165) is 11.8 Å². The second kappa shape index (κ2) is 4.28. The molecule has 0 spiro atoms. The van der Waals surface area contributed by atoms with Crippen LogP contribution in [0.3, 0.4) is 0 Å². The molecular weight excluding hydrogens is 188 g/mol. The Bertz CT molecular complexity index is 310. The lowest BCUT2D eigenvalue weighted by molar-refractivity contribution is -0.110. The number of hydrogen-bond donors (Lipinski definition) is 1. The number of phenols is 1. The molecule has 0 aliphatic heterocycles. The van der Waals surface area contributed by atoms with E-state index in [-0.39, 0.29) is 11.7 Å². The van der Waals surface area contributed by atoms with Crippen molar-refractivity contribution in [2.24, 2.45) is 5.92 Å². The predicted molar refractivity (Wildman–Crippen MR) is 52.0 cm³/mol. The van der Waals surface area contributed by atoms with Crippen molar-refractivity contribution in [3.63, 3.8) is 0 Å². The van der Waals surface area contributed by atoms with Gasteiger partial charge in [-0.05, 0) is 24.1 Å². The van der Waals surface area contributed by atoms with E-state index in [0.29, 0.717) is 11.4 Å². The summed E-state index contributed by atoms with van der Waals surface area (Å²) >= 11 is 5.70. The molecule has 3 heteroatoms. The standard InChI is InChI=1S/C10H11ClO2/c1-7(6-12)4-8-2-3-10(13)9(11)5-8/h2-3,5-7,13H,4H2,1H3. The number of aldehydes is 1. The zero-order chi connectivity index (χ0) is 9.84. The van der Waals surface area contributed by atoms with Crippen molar-refractivity contribution in [3.8, 4) is 5.75 Å². The van der Waals surface area contributed by atoms with Gasteiger partial charge in [0, 0.05) is 5.92 Å². The monoisotopic (exact) mass is 198 g/mol. The minimum atomic E-state index is -0.0133. The van der Waals surface area contributed by atoms with Crippen LogP contribution in [0.4, 0.5) is 0 Å². The molecule has 70 valence electrons. The van der Waals surface area contributed by atoms with Crippen LogP contribution in [0.1, 0.15) is 12.5 Å². The summed E-state index contributed by atoms with van der Waals surface area (Å²) in [6, 6.07) is 4.98. The van der Waals surface area contributed by atoms with Gasteiger partial charge in [-0.25, -0.2) is 0 Å². The lowest BCUT2D eigenvalue weighted by Crippen LogP contribution is -2.00. The van der Waals surface area contributed by atoms with Gasteiger partial charge in [-0.3, -0.25) is 0 Å². The number of carbonyl (C=O) groups excluding carboxylic acids is 1. The van der Waals surface area contributed by atoms with Crippen molar-refractivity contribution < 1.29 is 9.90 Å². The molecule has 13 heavy (non-hydrogen) atoms. The van der Waals surface area contributed by atoms with E-state index in [1.54, 1.807) is 12.1 Å². The highest BCUT2D eigenvalue weighted by atomic mass is 35.5. The van der Waals surface area contributed by atoms with Crippen LogP contribution < -0.4 is 0 Å². The Morgan fingerprint density at radius 1 is 1.62 bits per heavy atom. The molecule has 1 aromatic rings. The van der Waals surface area contributed by atoms with Crippen molar-refractivity contribution in [2.75, 3.05) is 0 Å². The van der Waals surface area contributed by atoms with E-state index in [4.69, 9.17) is 16.7 Å². The van der Waals surface area contributed by atoms with Crippen LogP contribution in [0.25, 0.3) is 0 Å². The molecule has 0 aliphatic rings.